The first-order chi connectivity index (χ1) is 8.58. The van der Waals surface area contributed by atoms with Crippen molar-refractivity contribution in [1.82, 2.24) is 9.88 Å². The number of hydrogen-bond donors (Lipinski definition) is 4. The Bertz CT molecular complexity index is 460. The second-order valence-corrected chi connectivity index (χ2v) is 4.70. The van der Waals surface area contributed by atoms with Crippen LogP contribution in [0.25, 0.3) is 0 Å². The van der Waals surface area contributed by atoms with Gasteiger partial charge in [0, 0.05) is 30.8 Å². The van der Waals surface area contributed by atoms with E-state index >= 15 is 0 Å². The third-order valence-corrected chi connectivity index (χ3v) is 3.38. The molecular formula is C11H17BN2O4. The zero-order valence-corrected chi connectivity index (χ0v) is 9.99. The fourth-order valence-corrected chi connectivity index (χ4v) is 2.74. The minimum atomic E-state index is -2.17. The maximum Gasteiger partial charge on any atom is 0.631 e. The van der Waals surface area contributed by atoms with Gasteiger partial charge in [-0.15, -0.1) is 0 Å². The highest BCUT2D eigenvalue weighted by atomic mass is 16.5. The minimum absolute atomic E-state index is 0.166. The van der Waals surface area contributed by atoms with Gasteiger partial charge >= 0.3 is 7.32 Å². The van der Waals surface area contributed by atoms with Gasteiger partial charge in [-0.05, 0) is 24.9 Å². The maximum atomic E-state index is 11.6. The largest absolute Gasteiger partial charge is 0.631 e. The lowest BCUT2D eigenvalue weighted by Crippen LogP contribution is -2.44. The first-order valence-corrected chi connectivity index (χ1v) is 6.02. The molecule has 0 aromatic carbocycles. The van der Waals surface area contributed by atoms with E-state index in [-0.39, 0.29) is 5.56 Å². The van der Waals surface area contributed by atoms with Crippen LogP contribution in [-0.4, -0.2) is 40.0 Å². The summed E-state index contributed by atoms with van der Waals surface area (Å²) >= 11 is 0. The highest BCUT2D eigenvalue weighted by Crippen LogP contribution is 2.31. The van der Waals surface area contributed by atoms with Crippen LogP contribution < -0.4 is 10.9 Å². The van der Waals surface area contributed by atoms with Crippen molar-refractivity contribution in [3.63, 3.8) is 0 Å². The van der Waals surface area contributed by atoms with E-state index in [0.717, 1.165) is 19.6 Å². The van der Waals surface area contributed by atoms with Crippen molar-refractivity contribution in [1.29, 1.82) is 0 Å². The van der Waals surface area contributed by atoms with Crippen LogP contribution in [0.4, 0.5) is 0 Å². The Kier molecular flexibility index (Phi) is 4.18. The molecule has 7 heteroatoms. The molecule has 98 valence electrons. The fraction of sp³-hybridized carbons (Fsp3) is 0.545. The molecule has 2 unspecified atom stereocenters. The molecule has 2 aliphatic rings. The maximum absolute atomic E-state index is 11.6. The number of hydrogen-bond acceptors (Lipinski definition) is 5. The van der Waals surface area contributed by atoms with Gasteiger partial charge in [0.2, 0.25) is 0 Å². The first kappa shape index (κ1) is 13.3. The topological polar surface area (TPSA) is 94.7 Å². The zero-order chi connectivity index (χ0) is 13.1. The van der Waals surface area contributed by atoms with Crippen molar-refractivity contribution < 1.29 is 15.1 Å². The van der Waals surface area contributed by atoms with E-state index in [2.05, 4.69) is 11.4 Å². The second kappa shape index (κ2) is 5.66. The number of nitrogens with zero attached hydrogens (tertiary/aromatic N) is 1. The normalized spacial score (nSPS) is 24.6. The van der Waals surface area contributed by atoms with Crippen molar-refractivity contribution in [2.75, 3.05) is 13.1 Å². The number of fused-ring (bicyclic) bond motifs is 4. The Morgan fingerprint density at radius 3 is 2.72 bits per heavy atom. The summed E-state index contributed by atoms with van der Waals surface area (Å²) < 4.78 is 1.96. The number of rotatable bonds is 0. The van der Waals surface area contributed by atoms with Gasteiger partial charge in [0.05, 0.1) is 0 Å². The van der Waals surface area contributed by atoms with Crippen LogP contribution in [0, 0.1) is 5.92 Å². The van der Waals surface area contributed by atoms with E-state index in [1.165, 1.54) is 12.1 Å². The third kappa shape index (κ3) is 3.00. The Morgan fingerprint density at radius 2 is 2.00 bits per heavy atom. The van der Waals surface area contributed by atoms with E-state index in [4.69, 9.17) is 15.1 Å². The smallest absolute Gasteiger partial charge is 0.402 e. The van der Waals surface area contributed by atoms with E-state index < -0.39 is 7.32 Å². The molecule has 0 aliphatic carbocycles. The van der Waals surface area contributed by atoms with Crippen LogP contribution in [0.2, 0.25) is 0 Å². The molecule has 4 N–H and O–H groups in total. The van der Waals surface area contributed by atoms with Crippen molar-refractivity contribution in [3.8, 4) is 0 Å². The van der Waals surface area contributed by atoms with Crippen LogP contribution >= 0.6 is 0 Å². The van der Waals surface area contributed by atoms with Crippen LogP contribution in [-0.2, 0) is 6.54 Å². The Balaban J connectivity index is 0.000000267. The van der Waals surface area contributed by atoms with Gasteiger partial charge in [-0.25, -0.2) is 0 Å². The minimum Gasteiger partial charge on any atom is -0.402 e. The number of pyridine rings is 1. The molecule has 2 atom stereocenters. The van der Waals surface area contributed by atoms with Gasteiger partial charge in [-0.2, -0.15) is 0 Å². The summed E-state index contributed by atoms with van der Waals surface area (Å²) in [5.41, 5.74) is 1.39. The van der Waals surface area contributed by atoms with Crippen molar-refractivity contribution >= 4 is 7.32 Å². The predicted octanol–water partition coefficient (Wildman–Crippen LogP) is -1.50. The Morgan fingerprint density at radius 1 is 1.28 bits per heavy atom. The van der Waals surface area contributed by atoms with E-state index in [9.17, 15) is 4.79 Å². The van der Waals surface area contributed by atoms with Gasteiger partial charge < -0.3 is 25.0 Å². The highest BCUT2D eigenvalue weighted by molar-refractivity contribution is 6.30. The van der Waals surface area contributed by atoms with Crippen LogP contribution in [0.1, 0.15) is 18.0 Å². The van der Waals surface area contributed by atoms with Crippen LogP contribution in [0.3, 0.4) is 0 Å². The molecule has 1 aromatic rings. The highest BCUT2D eigenvalue weighted by Gasteiger charge is 2.30. The lowest BCUT2D eigenvalue weighted by Gasteiger charge is -2.37. The van der Waals surface area contributed by atoms with E-state index in [1.54, 1.807) is 6.07 Å². The average molecular weight is 252 g/mol. The van der Waals surface area contributed by atoms with Gasteiger partial charge in [0.15, 0.2) is 0 Å². The lowest BCUT2D eigenvalue weighted by atomic mass is 9.84. The molecule has 0 spiro atoms. The second-order valence-electron chi connectivity index (χ2n) is 4.70. The van der Waals surface area contributed by atoms with Gasteiger partial charge in [0.1, 0.15) is 0 Å². The summed E-state index contributed by atoms with van der Waals surface area (Å²) in [6.07, 6.45) is 1.25. The third-order valence-electron chi connectivity index (χ3n) is 3.38. The van der Waals surface area contributed by atoms with Gasteiger partial charge in [-0.1, -0.05) is 6.07 Å². The molecule has 0 radical (unpaired) electrons. The summed E-state index contributed by atoms with van der Waals surface area (Å²) in [5.74, 6) is 1.21. The molecule has 3 rings (SSSR count). The number of aromatic nitrogens is 1. The number of piperidine rings is 1. The zero-order valence-electron chi connectivity index (χ0n) is 9.99. The molecule has 3 heterocycles. The summed E-state index contributed by atoms with van der Waals surface area (Å²) in [6, 6.07) is 5.64. The molecule has 18 heavy (non-hydrogen) atoms. The summed E-state index contributed by atoms with van der Waals surface area (Å²) in [4.78, 5) is 11.6. The van der Waals surface area contributed by atoms with Crippen LogP contribution in [0.15, 0.2) is 23.0 Å². The number of nitrogens with one attached hydrogen (secondary N) is 1. The average Bonchev–Trinajstić information content (AvgIpc) is 2.30. The predicted molar refractivity (Wildman–Crippen MR) is 66.8 cm³/mol. The molecule has 0 amide bonds. The molecule has 0 saturated carbocycles. The van der Waals surface area contributed by atoms with Gasteiger partial charge in [0.25, 0.3) is 5.56 Å². The molecule has 2 aliphatic heterocycles. The summed E-state index contributed by atoms with van der Waals surface area (Å²) in [5, 5.41) is 24.9. The Hall–Kier alpha value is -1.15. The summed E-state index contributed by atoms with van der Waals surface area (Å²) in [6.45, 7) is 3.00. The van der Waals surface area contributed by atoms with Crippen molar-refractivity contribution in [2.45, 2.75) is 18.9 Å². The van der Waals surface area contributed by atoms with Crippen LogP contribution in [0.5, 0.6) is 0 Å². The quantitative estimate of drug-likeness (QED) is 0.422. The molecule has 1 saturated heterocycles. The van der Waals surface area contributed by atoms with Crippen molar-refractivity contribution in [2.24, 2.45) is 5.92 Å². The molecule has 6 nitrogen and oxygen atoms in total. The van der Waals surface area contributed by atoms with E-state index in [1.807, 2.05) is 10.6 Å². The molecular weight excluding hydrogens is 235 g/mol. The van der Waals surface area contributed by atoms with Gasteiger partial charge in [-0.3, -0.25) is 4.79 Å². The van der Waals surface area contributed by atoms with E-state index in [0.29, 0.717) is 11.8 Å². The summed E-state index contributed by atoms with van der Waals surface area (Å²) in [7, 11) is -2.17. The lowest BCUT2D eigenvalue weighted by molar-refractivity contribution is 0.257. The molecule has 2 bridgehead atoms. The molecule has 1 fully saturated rings. The SMILES string of the molecule is O=c1cccc2n1CC1CNCC2C1.OB(O)O. The standard InChI is InChI=1S/C11H14N2O.BH3O3/c14-11-3-1-2-10-9-4-8(5-12-6-9)7-13(10)11;2-1(3)4/h1-3,8-9,12H,4-7H2;2-4H. The Labute approximate surface area is 105 Å². The van der Waals surface area contributed by atoms with Crippen molar-refractivity contribution in [3.05, 3.63) is 34.2 Å². The first-order valence-electron chi connectivity index (χ1n) is 6.02. The fourth-order valence-electron chi connectivity index (χ4n) is 2.74. The monoisotopic (exact) mass is 252 g/mol. The molecule has 1 aromatic heterocycles.